The van der Waals surface area contributed by atoms with Crippen LogP contribution in [0.1, 0.15) is 35.3 Å². The van der Waals surface area contributed by atoms with Crippen LogP contribution in [-0.2, 0) is 12.8 Å². The van der Waals surface area contributed by atoms with Crippen molar-refractivity contribution in [2.24, 2.45) is 0 Å². The topological polar surface area (TPSA) is 38.3 Å². The molecule has 0 aliphatic heterocycles. The molecule has 0 aliphatic rings. The van der Waals surface area contributed by atoms with E-state index in [2.05, 4.69) is 12.2 Å². The molecule has 0 unspecified atom stereocenters. The molecule has 2 aromatic carbocycles. The standard InChI is InChI=1S/C18H20ClNO2/c1-4-12-8-11-16(19)15(5-2)17(12)20-18(21)13-6-9-14(22-3)10-7-13/h6-11H,4-5H2,1-3H3,(H,20,21). The summed E-state index contributed by atoms with van der Waals surface area (Å²) in [6, 6.07) is 10.9. The third kappa shape index (κ3) is 3.42. The van der Waals surface area contributed by atoms with Crippen molar-refractivity contribution in [1.29, 1.82) is 0 Å². The molecule has 2 aromatic rings. The molecule has 2 rings (SSSR count). The SMILES string of the molecule is CCc1ccc(Cl)c(CC)c1NC(=O)c1ccc(OC)cc1. The van der Waals surface area contributed by atoms with Gasteiger partial charge in [0.1, 0.15) is 5.75 Å². The first-order valence-corrected chi connectivity index (χ1v) is 7.74. The van der Waals surface area contributed by atoms with Gasteiger partial charge in [-0.15, -0.1) is 0 Å². The molecule has 0 radical (unpaired) electrons. The van der Waals surface area contributed by atoms with Gasteiger partial charge in [-0.1, -0.05) is 31.5 Å². The average molecular weight is 318 g/mol. The highest BCUT2D eigenvalue weighted by Crippen LogP contribution is 2.30. The van der Waals surface area contributed by atoms with Crippen molar-refractivity contribution in [2.45, 2.75) is 26.7 Å². The molecule has 0 fully saturated rings. The first kappa shape index (κ1) is 16.4. The van der Waals surface area contributed by atoms with Gasteiger partial charge in [-0.2, -0.15) is 0 Å². The maximum absolute atomic E-state index is 12.5. The molecule has 0 atom stereocenters. The lowest BCUT2D eigenvalue weighted by atomic mass is 10.0. The fourth-order valence-electron chi connectivity index (χ4n) is 2.40. The lowest BCUT2D eigenvalue weighted by Gasteiger charge is -2.16. The second-order valence-electron chi connectivity index (χ2n) is 4.95. The maximum Gasteiger partial charge on any atom is 0.255 e. The monoisotopic (exact) mass is 317 g/mol. The fraction of sp³-hybridized carbons (Fsp3) is 0.278. The van der Waals surface area contributed by atoms with Crippen LogP contribution in [0.2, 0.25) is 5.02 Å². The number of methoxy groups -OCH3 is 1. The van der Waals surface area contributed by atoms with Crippen molar-refractivity contribution >= 4 is 23.2 Å². The first-order valence-electron chi connectivity index (χ1n) is 7.36. The second kappa shape index (κ2) is 7.32. The van der Waals surface area contributed by atoms with Crippen LogP contribution in [-0.4, -0.2) is 13.0 Å². The Kier molecular flexibility index (Phi) is 5.45. The summed E-state index contributed by atoms with van der Waals surface area (Å²) in [6.07, 6.45) is 1.60. The summed E-state index contributed by atoms with van der Waals surface area (Å²) in [4.78, 5) is 12.5. The van der Waals surface area contributed by atoms with Gasteiger partial charge in [0.2, 0.25) is 0 Å². The minimum Gasteiger partial charge on any atom is -0.497 e. The second-order valence-corrected chi connectivity index (χ2v) is 5.36. The Labute approximate surface area is 136 Å². The zero-order chi connectivity index (χ0) is 16.1. The molecule has 116 valence electrons. The van der Waals surface area contributed by atoms with Gasteiger partial charge in [-0.3, -0.25) is 4.79 Å². The largest absolute Gasteiger partial charge is 0.497 e. The van der Waals surface area contributed by atoms with Crippen LogP contribution in [0.15, 0.2) is 36.4 Å². The summed E-state index contributed by atoms with van der Waals surface area (Å²) in [6.45, 7) is 4.09. The number of halogens is 1. The minimum atomic E-state index is -0.144. The number of aryl methyl sites for hydroxylation is 1. The number of benzene rings is 2. The molecular formula is C18H20ClNO2. The molecule has 0 aromatic heterocycles. The van der Waals surface area contributed by atoms with Gasteiger partial charge in [-0.05, 0) is 54.3 Å². The van der Waals surface area contributed by atoms with Crippen molar-refractivity contribution in [3.63, 3.8) is 0 Å². The van der Waals surface area contributed by atoms with Crippen molar-refractivity contribution < 1.29 is 9.53 Å². The lowest BCUT2D eigenvalue weighted by molar-refractivity contribution is 0.102. The van der Waals surface area contributed by atoms with Gasteiger partial charge >= 0.3 is 0 Å². The van der Waals surface area contributed by atoms with E-state index < -0.39 is 0 Å². The summed E-state index contributed by atoms with van der Waals surface area (Å²) in [5.41, 5.74) is 3.48. The highest BCUT2D eigenvalue weighted by atomic mass is 35.5. The Bertz CT molecular complexity index is 666. The molecule has 0 saturated carbocycles. The molecule has 0 saturated heterocycles. The smallest absolute Gasteiger partial charge is 0.255 e. The van der Waals surface area contributed by atoms with Crippen molar-refractivity contribution in [3.05, 3.63) is 58.1 Å². The Morgan fingerprint density at radius 2 is 1.77 bits per heavy atom. The quantitative estimate of drug-likeness (QED) is 0.866. The Balaban J connectivity index is 2.32. The van der Waals surface area contributed by atoms with E-state index in [0.29, 0.717) is 10.6 Å². The maximum atomic E-state index is 12.5. The number of carbonyl (C=O) groups is 1. The number of hydrogen-bond acceptors (Lipinski definition) is 2. The van der Waals surface area contributed by atoms with Crippen LogP contribution in [0.4, 0.5) is 5.69 Å². The van der Waals surface area contributed by atoms with Gasteiger partial charge in [0.15, 0.2) is 0 Å². The summed E-state index contributed by atoms with van der Waals surface area (Å²) < 4.78 is 5.11. The lowest BCUT2D eigenvalue weighted by Crippen LogP contribution is -2.15. The summed E-state index contributed by atoms with van der Waals surface area (Å²) in [5.74, 6) is 0.581. The van der Waals surface area contributed by atoms with Crippen molar-refractivity contribution in [2.75, 3.05) is 12.4 Å². The van der Waals surface area contributed by atoms with Crippen LogP contribution in [0.25, 0.3) is 0 Å². The van der Waals surface area contributed by atoms with Gasteiger partial charge < -0.3 is 10.1 Å². The Hall–Kier alpha value is -2.00. The number of rotatable bonds is 5. The third-order valence-corrected chi connectivity index (χ3v) is 4.02. The van der Waals surface area contributed by atoms with Crippen LogP contribution in [0, 0.1) is 0 Å². The molecule has 0 heterocycles. The number of ether oxygens (including phenoxy) is 1. The van der Waals surface area contributed by atoms with Gasteiger partial charge in [0.25, 0.3) is 5.91 Å². The Morgan fingerprint density at radius 3 is 2.32 bits per heavy atom. The number of carbonyl (C=O) groups excluding carboxylic acids is 1. The zero-order valence-corrected chi connectivity index (χ0v) is 13.8. The molecule has 4 heteroatoms. The van der Waals surface area contributed by atoms with Crippen molar-refractivity contribution in [3.8, 4) is 5.75 Å². The van der Waals surface area contributed by atoms with Gasteiger partial charge in [0, 0.05) is 16.3 Å². The summed E-state index contributed by atoms with van der Waals surface area (Å²) >= 11 is 6.26. The van der Waals surface area contributed by atoms with Crippen molar-refractivity contribution in [1.82, 2.24) is 0 Å². The Morgan fingerprint density at radius 1 is 1.09 bits per heavy atom. The van der Waals surface area contributed by atoms with E-state index in [-0.39, 0.29) is 5.91 Å². The zero-order valence-electron chi connectivity index (χ0n) is 13.1. The van der Waals surface area contributed by atoms with Crippen LogP contribution in [0.5, 0.6) is 5.75 Å². The highest BCUT2D eigenvalue weighted by Gasteiger charge is 2.14. The number of nitrogens with one attached hydrogen (secondary N) is 1. The molecule has 22 heavy (non-hydrogen) atoms. The minimum absolute atomic E-state index is 0.144. The number of hydrogen-bond donors (Lipinski definition) is 1. The summed E-state index contributed by atoms with van der Waals surface area (Å²) in [5, 5.41) is 3.70. The van der Waals surface area contributed by atoms with E-state index in [1.807, 2.05) is 19.1 Å². The third-order valence-electron chi connectivity index (χ3n) is 3.67. The average Bonchev–Trinajstić information content (AvgIpc) is 2.55. The molecule has 0 bridgehead atoms. The molecule has 0 spiro atoms. The summed E-state index contributed by atoms with van der Waals surface area (Å²) in [7, 11) is 1.60. The normalized spacial score (nSPS) is 10.4. The van der Waals surface area contributed by atoms with E-state index in [0.717, 1.165) is 35.4 Å². The van der Waals surface area contributed by atoms with Gasteiger partial charge in [0.05, 0.1) is 7.11 Å². The molecular weight excluding hydrogens is 298 g/mol. The van der Waals surface area contributed by atoms with E-state index in [9.17, 15) is 4.79 Å². The van der Waals surface area contributed by atoms with Crippen LogP contribution < -0.4 is 10.1 Å². The highest BCUT2D eigenvalue weighted by molar-refractivity contribution is 6.32. The van der Waals surface area contributed by atoms with E-state index in [4.69, 9.17) is 16.3 Å². The number of anilines is 1. The van der Waals surface area contributed by atoms with E-state index >= 15 is 0 Å². The first-order chi connectivity index (χ1) is 10.6. The molecule has 1 N–H and O–H groups in total. The fourth-order valence-corrected chi connectivity index (χ4v) is 2.69. The van der Waals surface area contributed by atoms with Crippen LogP contribution >= 0.6 is 11.6 Å². The van der Waals surface area contributed by atoms with Gasteiger partial charge in [-0.25, -0.2) is 0 Å². The molecule has 3 nitrogen and oxygen atoms in total. The van der Waals surface area contributed by atoms with E-state index in [1.54, 1.807) is 31.4 Å². The van der Waals surface area contributed by atoms with Crippen LogP contribution in [0.3, 0.4) is 0 Å². The predicted octanol–water partition coefficient (Wildman–Crippen LogP) is 4.73. The number of amides is 1. The molecule has 1 amide bonds. The molecule has 0 aliphatic carbocycles. The predicted molar refractivity (Wildman–Crippen MR) is 91.2 cm³/mol. The van der Waals surface area contributed by atoms with E-state index in [1.165, 1.54) is 0 Å².